The zero-order valence-corrected chi connectivity index (χ0v) is 37.5. The maximum absolute atomic E-state index is 11.5. The highest BCUT2D eigenvalue weighted by atomic mass is 127. The van der Waals surface area contributed by atoms with Gasteiger partial charge in [0.25, 0.3) is 0 Å². The summed E-state index contributed by atoms with van der Waals surface area (Å²) in [6.45, 7) is 9.45. The third-order valence-corrected chi connectivity index (χ3v) is 11.3. The first kappa shape index (κ1) is 44.7. The van der Waals surface area contributed by atoms with Gasteiger partial charge in [0.15, 0.2) is 17.4 Å². The van der Waals surface area contributed by atoms with Crippen molar-refractivity contribution >= 4 is 56.8 Å². The number of halogens is 1. The molecule has 6 rings (SSSR count). The highest BCUT2D eigenvalue weighted by Crippen LogP contribution is 2.64. The zero-order valence-electron chi connectivity index (χ0n) is 33.7. The maximum atomic E-state index is 11.5. The van der Waals surface area contributed by atoms with Crippen molar-refractivity contribution in [1.82, 2.24) is 5.01 Å². The largest absolute Gasteiger partial charge is 0.492 e. The molecule has 0 radical (unpaired) electrons. The van der Waals surface area contributed by atoms with Gasteiger partial charge in [0.1, 0.15) is 12.5 Å². The van der Waals surface area contributed by atoms with Crippen molar-refractivity contribution in [2.75, 3.05) is 37.2 Å². The standard InChI is InChI=1S/C45H53N3O4S.H3INOP/c1-7-9-30-46(31-10-8-2)40-39(45(34-22-14-11-15-23-34,35-24-16-12-17-25-35)36-26-18-13-19-27-36)42(51-5)43(52-6)44-41(40)48(47(32(3)49)33(4)50)37-28-20-21-29-38(37)53-44;1-4(2)3/h11-29,32-33,49-50H,7-10,30-31H2,1-6H3;3H,2H2. The van der Waals surface area contributed by atoms with Gasteiger partial charge in [-0.3, -0.25) is 10.5 Å². The van der Waals surface area contributed by atoms with Crippen molar-refractivity contribution in [3.63, 3.8) is 0 Å². The van der Waals surface area contributed by atoms with Gasteiger partial charge in [0.2, 0.25) is 0 Å². The number of methoxy groups -OCH3 is 2. The number of nitrogens with zero attached hydrogens (tertiary/aromatic N) is 3. The lowest BCUT2D eigenvalue weighted by molar-refractivity contribution is -0.0848. The van der Waals surface area contributed by atoms with Crippen LogP contribution in [0, 0.1) is 0 Å². The first-order chi connectivity index (χ1) is 27.6. The molecule has 57 heavy (non-hydrogen) atoms. The monoisotopic (exact) mass is 922 g/mol. The summed E-state index contributed by atoms with van der Waals surface area (Å²) in [4.78, 5) is 12.2. The van der Waals surface area contributed by atoms with Crippen molar-refractivity contribution < 1.29 is 24.6 Å². The Labute approximate surface area is 357 Å². The van der Waals surface area contributed by atoms with Crippen molar-refractivity contribution in [3.8, 4) is 11.5 Å². The minimum Gasteiger partial charge on any atom is -0.492 e. The average Bonchev–Trinajstić information content (AvgIpc) is 3.21. The van der Waals surface area contributed by atoms with Crippen LogP contribution in [0.3, 0.4) is 0 Å². The van der Waals surface area contributed by atoms with Gasteiger partial charge in [-0.05, 0) is 77.6 Å². The SMILES string of the molecule is CCCCN(CCCC)c1c2c(c(OC)c(OC)c1C(c1ccccc1)(c1ccccc1)c1ccccc1)Sc1ccccc1N2N(C(C)O)C(C)O.NP(O)I. The van der Waals surface area contributed by atoms with Gasteiger partial charge in [-0.15, -0.1) is 0 Å². The molecule has 1 heterocycles. The fourth-order valence-electron chi connectivity index (χ4n) is 7.85. The Hall–Kier alpha value is -3.39. The van der Waals surface area contributed by atoms with Crippen LogP contribution >= 0.6 is 39.7 Å². The van der Waals surface area contributed by atoms with E-state index in [1.54, 1.807) is 66.9 Å². The topological polar surface area (TPSA) is 115 Å². The van der Waals surface area contributed by atoms with Crippen LogP contribution in [0.4, 0.5) is 17.1 Å². The van der Waals surface area contributed by atoms with Crippen LogP contribution in [-0.4, -0.2) is 59.9 Å². The number of aliphatic hydroxyl groups is 2. The molecule has 0 bridgehead atoms. The lowest BCUT2D eigenvalue weighted by Gasteiger charge is -2.48. The molecule has 0 aliphatic carbocycles. The minimum absolute atomic E-state index is 0.597. The van der Waals surface area contributed by atoms with E-state index in [0.29, 0.717) is 11.5 Å². The van der Waals surface area contributed by atoms with E-state index in [9.17, 15) is 10.2 Å². The number of hydrazine groups is 1. The van der Waals surface area contributed by atoms with E-state index in [2.05, 4.69) is 122 Å². The van der Waals surface area contributed by atoms with E-state index in [1.807, 2.05) is 17.1 Å². The number of hydrogen-bond acceptors (Lipinski definition) is 10. The van der Waals surface area contributed by atoms with E-state index >= 15 is 0 Å². The van der Waals surface area contributed by atoms with E-state index in [-0.39, 0.29) is 0 Å². The summed E-state index contributed by atoms with van der Waals surface area (Å²) in [5, 5.41) is 26.8. The molecule has 9 nitrogen and oxygen atoms in total. The summed E-state index contributed by atoms with van der Waals surface area (Å²) in [7, 11) is 3.44. The molecule has 0 amide bonds. The molecule has 0 saturated heterocycles. The van der Waals surface area contributed by atoms with E-state index < -0.39 is 23.8 Å². The maximum Gasteiger partial charge on any atom is 0.177 e. The quantitative estimate of drug-likeness (QED) is 0.0330. The van der Waals surface area contributed by atoms with E-state index in [4.69, 9.17) is 19.9 Å². The number of ether oxygens (including phenoxy) is 2. The second kappa shape index (κ2) is 21.0. The van der Waals surface area contributed by atoms with Crippen LogP contribution in [0.25, 0.3) is 0 Å². The second-order valence-corrected chi connectivity index (χ2v) is 18.4. The number of nitrogens with two attached hydrogens (primary N) is 1. The van der Waals surface area contributed by atoms with Crippen LogP contribution in [0.1, 0.15) is 75.6 Å². The molecule has 0 saturated carbocycles. The fourth-order valence-corrected chi connectivity index (χ4v) is 9.02. The Bertz CT molecular complexity index is 1900. The van der Waals surface area contributed by atoms with Crippen molar-refractivity contribution in [1.29, 1.82) is 0 Å². The predicted octanol–water partition coefficient (Wildman–Crippen LogP) is 10.6. The number of para-hydroxylation sites is 1. The molecule has 0 spiro atoms. The van der Waals surface area contributed by atoms with Gasteiger partial charge >= 0.3 is 0 Å². The molecule has 304 valence electrons. The predicted molar refractivity (Wildman–Crippen MR) is 245 cm³/mol. The summed E-state index contributed by atoms with van der Waals surface area (Å²) in [5.41, 5.74) is 10.6. The van der Waals surface area contributed by atoms with Gasteiger partial charge in [0, 0.05) is 23.5 Å². The molecular formula is C45H56IN4O5PS. The summed E-state index contributed by atoms with van der Waals surface area (Å²) < 4.78 is 13.2. The summed E-state index contributed by atoms with van der Waals surface area (Å²) in [5.74, 6) is 0.0888. The Morgan fingerprint density at radius 3 is 1.56 bits per heavy atom. The molecular weight excluding hydrogens is 866 g/mol. The summed E-state index contributed by atoms with van der Waals surface area (Å²) >= 11 is 3.37. The molecule has 0 aromatic heterocycles. The molecule has 5 N–H and O–H groups in total. The van der Waals surface area contributed by atoms with Gasteiger partial charge in [-0.25, -0.2) is 0 Å². The number of benzene rings is 5. The van der Waals surface area contributed by atoms with E-state index in [1.165, 1.54) is 0 Å². The molecule has 3 unspecified atom stereocenters. The summed E-state index contributed by atoms with van der Waals surface area (Å²) in [6, 6.07) is 40.2. The molecule has 0 fully saturated rings. The van der Waals surface area contributed by atoms with Crippen LogP contribution in [0.5, 0.6) is 11.5 Å². The molecule has 5 aromatic carbocycles. The lowest BCUT2D eigenvalue weighted by atomic mass is 9.64. The van der Waals surface area contributed by atoms with E-state index in [0.717, 1.165) is 87.9 Å². The fraction of sp³-hybridized carbons (Fsp3) is 0.333. The molecule has 1 aliphatic heterocycles. The number of aliphatic hydroxyl groups excluding tert-OH is 2. The number of rotatable bonds is 16. The van der Waals surface area contributed by atoms with Crippen molar-refractivity contribution in [3.05, 3.63) is 138 Å². The molecule has 3 atom stereocenters. The Morgan fingerprint density at radius 2 is 1.16 bits per heavy atom. The zero-order chi connectivity index (χ0) is 41.1. The first-order valence-corrected chi connectivity index (χ1v) is 24.4. The Kier molecular flexibility index (Phi) is 16.5. The van der Waals surface area contributed by atoms with Gasteiger partial charge in [-0.2, -0.15) is 5.01 Å². The van der Waals surface area contributed by atoms with Crippen LogP contribution in [0.15, 0.2) is 125 Å². The van der Waals surface area contributed by atoms with Crippen LogP contribution in [-0.2, 0) is 5.41 Å². The smallest absolute Gasteiger partial charge is 0.177 e. The Balaban J connectivity index is 0.00000148. The number of unbranched alkanes of at least 4 members (excludes halogenated alkanes) is 2. The second-order valence-electron chi connectivity index (χ2n) is 13.8. The minimum atomic E-state index is -1.15. The van der Waals surface area contributed by atoms with Gasteiger partial charge in [-0.1, -0.05) is 142 Å². The normalized spacial score (nSPS) is 13.8. The highest BCUT2D eigenvalue weighted by molar-refractivity contribution is 14.2. The Morgan fingerprint density at radius 1 is 0.737 bits per heavy atom. The third-order valence-electron chi connectivity index (χ3n) is 10.1. The first-order valence-electron chi connectivity index (χ1n) is 19.4. The number of hydrogen-bond donors (Lipinski definition) is 4. The van der Waals surface area contributed by atoms with Crippen LogP contribution in [0.2, 0.25) is 0 Å². The number of fused-ring (bicyclic) bond motifs is 2. The van der Waals surface area contributed by atoms with Crippen molar-refractivity contribution in [2.45, 2.75) is 81.0 Å². The van der Waals surface area contributed by atoms with Gasteiger partial charge in [0.05, 0.1) is 41.6 Å². The number of anilines is 3. The molecule has 12 heteroatoms. The summed E-state index contributed by atoms with van der Waals surface area (Å²) in [6.07, 6.45) is 1.91. The highest BCUT2D eigenvalue weighted by Gasteiger charge is 2.49. The third kappa shape index (κ3) is 9.42. The lowest BCUT2D eigenvalue weighted by Crippen LogP contribution is -2.52. The molecule has 5 aromatic rings. The molecule has 1 aliphatic rings. The van der Waals surface area contributed by atoms with Crippen LogP contribution < -0.4 is 24.9 Å². The average molecular weight is 923 g/mol. The van der Waals surface area contributed by atoms with Crippen molar-refractivity contribution in [2.24, 2.45) is 5.50 Å². The van der Waals surface area contributed by atoms with Gasteiger partial charge < -0.3 is 29.5 Å².